The van der Waals surface area contributed by atoms with Gasteiger partial charge in [0.05, 0.1) is 11.8 Å². The van der Waals surface area contributed by atoms with Crippen molar-refractivity contribution in [1.82, 2.24) is 5.32 Å². The fraction of sp³-hybridized carbons (Fsp3) is 0.875. The van der Waals surface area contributed by atoms with Crippen molar-refractivity contribution < 1.29 is 14.7 Å². The van der Waals surface area contributed by atoms with Crippen LogP contribution < -0.4 is 5.32 Å². The summed E-state index contributed by atoms with van der Waals surface area (Å²) in [6.45, 7) is 6.69. The molecule has 2 N–H and O–H groups in total. The van der Waals surface area contributed by atoms with Crippen LogP contribution in [0.15, 0.2) is 0 Å². The number of hydrogen-bond acceptors (Lipinski definition) is 2. The van der Waals surface area contributed by atoms with E-state index in [9.17, 15) is 9.59 Å². The lowest BCUT2D eigenvalue weighted by Crippen LogP contribution is -2.33. The Hall–Kier alpha value is -1.06. The Balaban J connectivity index is 1.75. The maximum atomic E-state index is 12.1. The normalized spacial score (nSPS) is 35.4. The lowest BCUT2D eigenvalue weighted by molar-refractivity contribution is -0.140. The second kappa shape index (κ2) is 5.74. The molecule has 0 saturated heterocycles. The Labute approximate surface area is 121 Å². The molecule has 2 atom stereocenters. The summed E-state index contributed by atoms with van der Waals surface area (Å²) in [4.78, 5) is 23.2. The first-order chi connectivity index (χ1) is 9.37. The zero-order chi connectivity index (χ0) is 14.9. The molecule has 2 aliphatic carbocycles. The molecule has 20 heavy (non-hydrogen) atoms. The highest BCUT2D eigenvalue weighted by molar-refractivity contribution is 5.91. The fourth-order valence-corrected chi connectivity index (χ4v) is 3.79. The van der Waals surface area contributed by atoms with Crippen molar-refractivity contribution in [2.75, 3.05) is 6.54 Å². The predicted octanol–water partition coefficient (Wildman–Crippen LogP) is 2.68. The number of rotatable bonds is 5. The first-order valence-corrected chi connectivity index (χ1v) is 7.88. The summed E-state index contributed by atoms with van der Waals surface area (Å²) in [5.41, 5.74) is -0.393. The Bertz CT molecular complexity index is 383. The second-order valence-corrected chi connectivity index (χ2v) is 7.16. The number of carbonyl (C=O) groups excluding carboxylic acids is 1. The van der Waals surface area contributed by atoms with Gasteiger partial charge in [-0.25, -0.2) is 0 Å². The van der Waals surface area contributed by atoms with Crippen LogP contribution in [0.1, 0.15) is 52.9 Å². The van der Waals surface area contributed by atoms with Crippen molar-refractivity contribution in [2.45, 2.75) is 52.9 Å². The molecule has 114 valence electrons. The van der Waals surface area contributed by atoms with Gasteiger partial charge in [-0.05, 0) is 30.1 Å². The molecule has 2 rings (SSSR count). The predicted molar refractivity (Wildman–Crippen MR) is 77.1 cm³/mol. The third-order valence-corrected chi connectivity index (χ3v) is 5.48. The van der Waals surface area contributed by atoms with Crippen LogP contribution in [0.2, 0.25) is 0 Å². The Morgan fingerprint density at radius 1 is 1.10 bits per heavy atom. The average Bonchev–Trinajstić information content (AvgIpc) is 3.00. The number of aliphatic carboxylic acids is 1. The monoisotopic (exact) mass is 281 g/mol. The molecular weight excluding hydrogens is 254 g/mol. The summed E-state index contributed by atoms with van der Waals surface area (Å²) in [6.07, 6.45) is 6.17. The van der Waals surface area contributed by atoms with Gasteiger partial charge in [0.2, 0.25) is 5.91 Å². The number of carboxylic acids is 1. The van der Waals surface area contributed by atoms with Crippen LogP contribution in [0.3, 0.4) is 0 Å². The minimum absolute atomic E-state index is 0.0694. The molecular formula is C16H27NO3. The molecule has 0 heterocycles. The molecule has 2 aliphatic rings. The molecule has 0 radical (unpaired) electrons. The van der Waals surface area contributed by atoms with Gasteiger partial charge in [-0.3, -0.25) is 9.59 Å². The van der Waals surface area contributed by atoms with E-state index in [4.69, 9.17) is 5.11 Å². The van der Waals surface area contributed by atoms with Gasteiger partial charge in [0.15, 0.2) is 0 Å². The first kappa shape index (κ1) is 15.3. The quantitative estimate of drug-likeness (QED) is 0.814. The van der Waals surface area contributed by atoms with Crippen LogP contribution in [-0.4, -0.2) is 23.5 Å². The maximum Gasteiger partial charge on any atom is 0.307 e. The zero-order valence-electron chi connectivity index (χ0n) is 12.8. The minimum atomic E-state index is -0.849. The van der Waals surface area contributed by atoms with Gasteiger partial charge >= 0.3 is 5.97 Å². The molecule has 0 spiro atoms. The number of hydrogen-bond donors (Lipinski definition) is 2. The second-order valence-electron chi connectivity index (χ2n) is 7.16. The van der Waals surface area contributed by atoms with Gasteiger partial charge in [0.25, 0.3) is 0 Å². The van der Waals surface area contributed by atoms with Crippen LogP contribution >= 0.6 is 0 Å². The standard InChI is InChI=1S/C16H27NO3/c1-4-10-5-7-11(8-6-10)9-17-14(18)12-13(15(19)20)16(12,2)3/h10-13H,4-9H2,1-3H3,(H,17,18)(H,19,20). The summed E-state index contributed by atoms with van der Waals surface area (Å²) in [7, 11) is 0. The molecule has 2 unspecified atom stereocenters. The molecule has 4 heteroatoms. The number of nitrogens with one attached hydrogen (secondary N) is 1. The highest BCUT2D eigenvalue weighted by Crippen LogP contribution is 2.58. The molecule has 0 aromatic heterocycles. The van der Waals surface area contributed by atoms with Gasteiger partial charge in [0, 0.05) is 6.54 Å². The summed E-state index contributed by atoms with van der Waals surface area (Å²) in [5, 5.41) is 12.1. The lowest BCUT2D eigenvalue weighted by Gasteiger charge is -2.27. The van der Waals surface area contributed by atoms with Gasteiger partial charge in [0.1, 0.15) is 0 Å². The van der Waals surface area contributed by atoms with E-state index >= 15 is 0 Å². The van der Waals surface area contributed by atoms with Crippen molar-refractivity contribution in [3.63, 3.8) is 0 Å². The number of carbonyl (C=O) groups is 2. The van der Waals surface area contributed by atoms with E-state index in [0.29, 0.717) is 12.5 Å². The Kier molecular flexibility index (Phi) is 4.40. The topological polar surface area (TPSA) is 66.4 Å². The summed E-state index contributed by atoms with van der Waals surface area (Å²) in [6, 6.07) is 0. The van der Waals surface area contributed by atoms with Crippen molar-refractivity contribution >= 4 is 11.9 Å². The highest BCUT2D eigenvalue weighted by Gasteiger charge is 2.65. The van der Waals surface area contributed by atoms with Crippen molar-refractivity contribution in [3.05, 3.63) is 0 Å². The molecule has 0 aromatic rings. The van der Waals surface area contributed by atoms with Gasteiger partial charge in [-0.2, -0.15) is 0 Å². The van der Waals surface area contributed by atoms with Gasteiger partial charge < -0.3 is 10.4 Å². The van der Waals surface area contributed by atoms with Crippen molar-refractivity contribution in [2.24, 2.45) is 29.1 Å². The number of amides is 1. The van der Waals surface area contributed by atoms with Gasteiger partial charge in [-0.1, -0.05) is 40.0 Å². The Morgan fingerprint density at radius 2 is 1.65 bits per heavy atom. The van der Waals surface area contributed by atoms with Crippen LogP contribution in [0.25, 0.3) is 0 Å². The average molecular weight is 281 g/mol. The van der Waals surface area contributed by atoms with Crippen LogP contribution in [0, 0.1) is 29.1 Å². The van der Waals surface area contributed by atoms with E-state index in [1.54, 1.807) is 0 Å². The van der Waals surface area contributed by atoms with Crippen molar-refractivity contribution in [3.8, 4) is 0 Å². The van der Waals surface area contributed by atoms with Gasteiger partial charge in [-0.15, -0.1) is 0 Å². The molecule has 2 saturated carbocycles. The van der Waals surface area contributed by atoms with E-state index in [1.807, 2.05) is 13.8 Å². The molecule has 1 amide bonds. The Morgan fingerprint density at radius 3 is 2.10 bits per heavy atom. The van der Waals surface area contributed by atoms with E-state index in [0.717, 1.165) is 5.92 Å². The molecule has 4 nitrogen and oxygen atoms in total. The SMILES string of the molecule is CCC1CCC(CNC(=O)C2C(C(=O)O)C2(C)C)CC1. The van der Waals surface area contributed by atoms with E-state index in [-0.39, 0.29) is 11.8 Å². The smallest absolute Gasteiger partial charge is 0.307 e. The maximum absolute atomic E-state index is 12.1. The lowest BCUT2D eigenvalue weighted by atomic mass is 9.81. The third kappa shape index (κ3) is 2.99. The summed E-state index contributed by atoms with van der Waals surface area (Å²) < 4.78 is 0. The molecule has 2 fully saturated rings. The van der Waals surface area contributed by atoms with E-state index in [1.165, 1.54) is 32.1 Å². The van der Waals surface area contributed by atoms with E-state index < -0.39 is 17.3 Å². The first-order valence-electron chi connectivity index (χ1n) is 7.88. The zero-order valence-corrected chi connectivity index (χ0v) is 12.8. The van der Waals surface area contributed by atoms with Crippen molar-refractivity contribution in [1.29, 1.82) is 0 Å². The molecule has 0 aliphatic heterocycles. The van der Waals surface area contributed by atoms with Crippen LogP contribution in [-0.2, 0) is 9.59 Å². The fourth-order valence-electron chi connectivity index (χ4n) is 3.79. The van der Waals surface area contributed by atoms with Crippen LogP contribution in [0.4, 0.5) is 0 Å². The highest BCUT2D eigenvalue weighted by atomic mass is 16.4. The number of carboxylic acid groups (broad SMARTS) is 1. The summed E-state index contributed by atoms with van der Waals surface area (Å²) in [5.74, 6) is -0.350. The summed E-state index contributed by atoms with van der Waals surface area (Å²) >= 11 is 0. The van der Waals surface area contributed by atoms with E-state index in [2.05, 4.69) is 12.2 Å². The molecule has 0 aromatic carbocycles. The minimum Gasteiger partial charge on any atom is -0.481 e. The molecule has 0 bridgehead atoms. The third-order valence-electron chi connectivity index (χ3n) is 5.48. The van der Waals surface area contributed by atoms with Crippen LogP contribution in [0.5, 0.6) is 0 Å². The largest absolute Gasteiger partial charge is 0.481 e.